The van der Waals surface area contributed by atoms with Crippen molar-refractivity contribution in [1.29, 1.82) is 0 Å². The van der Waals surface area contributed by atoms with Crippen molar-refractivity contribution >= 4 is 5.91 Å². The van der Waals surface area contributed by atoms with Gasteiger partial charge in [-0.15, -0.1) is 0 Å². The molecule has 1 aromatic carbocycles. The Bertz CT molecular complexity index is 416. The van der Waals surface area contributed by atoms with Crippen molar-refractivity contribution in [3.63, 3.8) is 0 Å². The van der Waals surface area contributed by atoms with E-state index in [2.05, 4.69) is 31.3 Å². The molecule has 1 aliphatic heterocycles. The summed E-state index contributed by atoms with van der Waals surface area (Å²) < 4.78 is 5.41. The maximum Gasteiger partial charge on any atom is 0.242 e. The van der Waals surface area contributed by atoms with E-state index in [-0.39, 0.29) is 18.0 Å². The summed E-state index contributed by atoms with van der Waals surface area (Å²) in [6.45, 7) is 6.78. The van der Waals surface area contributed by atoms with Gasteiger partial charge in [-0.1, -0.05) is 37.3 Å². The second-order valence-electron chi connectivity index (χ2n) is 5.29. The molecule has 4 heteroatoms. The number of hydrogen-bond acceptors (Lipinski definition) is 3. The van der Waals surface area contributed by atoms with E-state index in [0.717, 1.165) is 18.5 Å². The predicted molar refractivity (Wildman–Crippen MR) is 79.4 cm³/mol. The highest BCUT2D eigenvalue weighted by molar-refractivity contribution is 5.82. The highest BCUT2D eigenvalue weighted by Crippen LogP contribution is 2.13. The Morgan fingerprint density at radius 3 is 2.80 bits per heavy atom. The zero-order chi connectivity index (χ0) is 14.4. The fraction of sp³-hybridized carbons (Fsp3) is 0.562. The Kier molecular flexibility index (Phi) is 5.56. The van der Waals surface area contributed by atoms with Gasteiger partial charge in [-0.05, 0) is 18.9 Å². The number of ether oxygens (including phenoxy) is 1. The molecule has 0 radical (unpaired) electrons. The summed E-state index contributed by atoms with van der Waals surface area (Å²) >= 11 is 0. The maximum atomic E-state index is 12.7. The molecule has 2 atom stereocenters. The predicted octanol–water partition coefficient (Wildman–Crippen LogP) is 1.80. The minimum atomic E-state index is -0.207. The van der Waals surface area contributed by atoms with Gasteiger partial charge in [0.15, 0.2) is 0 Å². The Hall–Kier alpha value is -1.39. The van der Waals surface area contributed by atoms with E-state index in [9.17, 15) is 4.79 Å². The Morgan fingerprint density at radius 1 is 1.45 bits per heavy atom. The maximum absolute atomic E-state index is 12.7. The number of carbonyl (C=O) groups is 1. The Labute approximate surface area is 121 Å². The number of carbonyl (C=O) groups excluding carboxylic acids is 1. The molecule has 1 aliphatic rings. The molecule has 1 fully saturated rings. The van der Waals surface area contributed by atoms with Crippen LogP contribution in [0.1, 0.15) is 25.8 Å². The normalized spacial score (nSPS) is 20.4. The quantitative estimate of drug-likeness (QED) is 0.891. The SMILES string of the molecule is CCC(C)N(Cc1ccccc1)C(=O)C1COCCN1. The van der Waals surface area contributed by atoms with Crippen molar-refractivity contribution in [3.8, 4) is 0 Å². The number of benzene rings is 1. The highest BCUT2D eigenvalue weighted by Gasteiger charge is 2.28. The molecular weight excluding hydrogens is 252 g/mol. The van der Waals surface area contributed by atoms with Crippen molar-refractivity contribution in [2.24, 2.45) is 0 Å². The molecule has 1 saturated heterocycles. The largest absolute Gasteiger partial charge is 0.378 e. The minimum Gasteiger partial charge on any atom is -0.378 e. The first-order valence-corrected chi connectivity index (χ1v) is 7.38. The lowest BCUT2D eigenvalue weighted by Crippen LogP contribution is -2.54. The first-order valence-electron chi connectivity index (χ1n) is 7.38. The fourth-order valence-electron chi connectivity index (χ4n) is 2.38. The number of amides is 1. The molecule has 0 aliphatic carbocycles. The first-order chi connectivity index (χ1) is 9.72. The number of hydrogen-bond donors (Lipinski definition) is 1. The van der Waals surface area contributed by atoms with Crippen LogP contribution >= 0.6 is 0 Å². The van der Waals surface area contributed by atoms with E-state index in [0.29, 0.717) is 19.8 Å². The zero-order valence-corrected chi connectivity index (χ0v) is 12.3. The van der Waals surface area contributed by atoms with Crippen LogP contribution in [0, 0.1) is 0 Å². The van der Waals surface area contributed by atoms with Crippen molar-refractivity contribution in [2.45, 2.75) is 38.9 Å². The molecule has 0 saturated carbocycles. The lowest BCUT2D eigenvalue weighted by atomic mass is 10.1. The second-order valence-corrected chi connectivity index (χ2v) is 5.29. The summed E-state index contributed by atoms with van der Waals surface area (Å²) in [5.74, 6) is 0.142. The monoisotopic (exact) mass is 276 g/mol. The molecular formula is C16H24N2O2. The van der Waals surface area contributed by atoms with Gasteiger partial charge in [0, 0.05) is 19.1 Å². The van der Waals surface area contributed by atoms with Crippen LogP contribution in [-0.2, 0) is 16.1 Å². The molecule has 2 unspecified atom stereocenters. The molecule has 2 rings (SSSR count). The van der Waals surface area contributed by atoms with E-state index < -0.39 is 0 Å². The van der Waals surface area contributed by atoms with Gasteiger partial charge in [-0.2, -0.15) is 0 Å². The van der Waals surface area contributed by atoms with Crippen molar-refractivity contribution in [3.05, 3.63) is 35.9 Å². The standard InChI is InChI=1S/C16H24N2O2/c1-3-13(2)18(11-14-7-5-4-6-8-14)16(19)15-12-20-10-9-17-15/h4-8,13,15,17H,3,9-12H2,1-2H3. The van der Waals surface area contributed by atoms with E-state index in [1.165, 1.54) is 0 Å². The molecule has 110 valence electrons. The highest BCUT2D eigenvalue weighted by atomic mass is 16.5. The van der Waals surface area contributed by atoms with Crippen LogP contribution in [0.2, 0.25) is 0 Å². The number of nitrogens with one attached hydrogen (secondary N) is 1. The lowest BCUT2D eigenvalue weighted by molar-refractivity contribution is -0.139. The molecule has 1 amide bonds. The zero-order valence-electron chi connectivity index (χ0n) is 12.3. The summed E-state index contributed by atoms with van der Waals surface area (Å²) in [6, 6.07) is 10.2. The minimum absolute atomic E-state index is 0.142. The van der Waals surface area contributed by atoms with Gasteiger partial charge in [-0.3, -0.25) is 4.79 Å². The van der Waals surface area contributed by atoms with Gasteiger partial charge >= 0.3 is 0 Å². The van der Waals surface area contributed by atoms with Crippen molar-refractivity contribution in [1.82, 2.24) is 10.2 Å². The van der Waals surface area contributed by atoms with Gasteiger partial charge in [0.25, 0.3) is 0 Å². The van der Waals surface area contributed by atoms with E-state index >= 15 is 0 Å². The summed E-state index contributed by atoms with van der Waals surface area (Å²) in [7, 11) is 0. The molecule has 0 spiro atoms. The van der Waals surface area contributed by atoms with Gasteiger partial charge in [0.2, 0.25) is 5.91 Å². The number of nitrogens with zero attached hydrogens (tertiary/aromatic N) is 1. The Balaban J connectivity index is 2.08. The fourth-order valence-corrected chi connectivity index (χ4v) is 2.38. The summed E-state index contributed by atoms with van der Waals surface area (Å²) in [5.41, 5.74) is 1.16. The van der Waals surface area contributed by atoms with Crippen molar-refractivity contribution in [2.75, 3.05) is 19.8 Å². The molecule has 0 bridgehead atoms. The number of morpholine rings is 1. The summed E-state index contributed by atoms with van der Waals surface area (Å²) in [5, 5.41) is 3.25. The molecule has 4 nitrogen and oxygen atoms in total. The lowest BCUT2D eigenvalue weighted by Gasteiger charge is -2.34. The molecule has 1 aromatic rings. The number of rotatable bonds is 5. The summed E-state index contributed by atoms with van der Waals surface area (Å²) in [4.78, 5) is 14.6. The van der Waals surface area contributed by atoms with Crippen LogP contribution in [0.15, 0.2) is 30.3 Å². The molecule has 1 N–H and O–H groups in total. The van der Waals surface area contributed by atoms with E-state index in [4.69, 9.17) is 4.74 Å². The van der Waals surface area contributed by atoms with Crippen LogP contribution in [0.25, 0.3) is 0 Å². The molecule has 1 heterocycles. The average Bonchev–Trinajstić information content (AvgIpc) is 2.53. The third-order valence-corrected chi connectivity index (χ3v) is 3.82. The average molecular weight is 276 g/mol. The third kappa shape index (κ3) is 3.81. The Morgan fingerprint density at radius 2 is 2.20 bits per heavy atom. The van der Waals surface area contributed by atoms with Crippen LogP contribution < -0.4 is 5.32 Å². The first kappa shape index (κ1) is 15.0. The second kappa shape index (κ2) is 7.41. The van der Waals surface area contributed by atoms with Crippen LogP contribution in [0.4, 0.5) is 0 Å². The van der Waals surface area contributed by atoms with Gasteiger partial charge in [0.1, 0.15) is 6.04 Å². The van der Waals surface area contributed by atoms with Gasteiger partial charge in [0.05, 0.1) is 13.2 Å². The molecule has 0 aromatic heterocycles. The molecule has 20 heavy (non-hydrogen) atoms. The van der Waals surface area contributed by atoms with Crippen LogP contribution in [-0.4, -0.2) is 42.6 Å². The summed E-state index contributed by atoms with van der Waals surface area (Å²) in [6.07, 6.45) is 0.951. The topological polar surface area (TPSA) is 41.6 Å². The van der Waals surface area contributed by atoms with Gasteiger partial charge < -0.3 is 15.0 Å². The van der Waals surface area contributed by atoms with Crippen LogP contribution in [0.3, 0.4) is 0 Å². The smallest absolute Gasteiger partial charge is 0.242 e. The third-order valence-electron chi connectivity index (χ3n) is 3.82. The van der Waals surface area contributed by atoms with Gasteiger partial charge in [-0.25, -0.2) is 0 Å². The van der Waals surface area contributed by atoms with Crippen LogP contribution in [0.5, 0.6) is 0 Å². The van der Waals surface area contributed by atoms with Crippen molar-refractivity contribution < 1.29 is 9.53 Å². The van der Waals surface area contributed by atoms with E-state index in [1.807, 2.05) is 23.1 Å². The van der Waals surface area contributed by atoms with E-state index in [1.54, 1.807) is 0 Å².